The Morgan fingerprint density at radius 3 is 2.38 bits per heavy atom. The highest BCUT2D eigenvalue weighted by Crippen LogP contribution is 2.36. The molecule has 114 valence electrons. The number of carbonyl (C=O) groups is 1. The highest BCUT2D eigenvalue weighted by molar-refractivity contribution is 6.34. The molecule has 0 unspecified atom stereocenters. The number of alkyl halides is 3. The lowest BCUT2D eigenvalue weighted by molar-refractivity contribution is -0.143. The number of anilines is 1. The molecular weight excluding hydrogens is 311 g/mol. The number of aryl methyl sites for hydroxylation is 2. The Morgan fingerprint density at radius 1 is 1.33 bits per heavy atom. The SMILES string of the molecule is Cc1c(NC(=O)c2nn(C)c(C(F)(F)F)c2Cl)cnn1C. The van der Waals surface area contributed by atoms with Gasteiger partial charge in [-0.1, -0.05) is 11.6 Å². The predicted molar refractivity (Wildman–Crippen MR) is 69.1 cm³/mol. The van der Waals surface area contributed by atoms with E-state index in [-0.39, 0.29) is 0 Å². The van der Waals surface area contributed by atoms with Crippen LogP contribution in [-0.2, 0) is 20.3 Å². The van der Waals surface area contributed by atoms with Crippen molar-refractivity contribution >= 4 is 23.2 Å². The van der Waals surface area contributed by atoms with Crippen LogP contribution >= 0.6 is 11.6 Å². The maximum atomic E-state index is 12.8. The van der Waals surface area contributed by atoms with Crippen molar-refractivity contribution in [2.75, 3.05) is 5.32 Å². The molecule has 0 saturated carbocycles. The second-order valence-corrected chi connectivity index (χ2v) is 4.73. The third kappa shape index (κ3) is 2.73. The zero-order chi connectivity index (χ0) is 15.9. The Balaban J connectivity index is 2.35. The lowest BCUT2D eigenvalue weighted by atomic mass is 10.3. The van der Waals surface area contributed by atoms with Crippen LogP contribution in [0.2, 0.25) is 5.02 Å². The number of rotatable bonds is 2. The van der Waals surface area contributed by atoms with Crippen molar-refractivity contribution in [2.24, 2.45) is 14.1 Å². The molecule has 2 heterocycles. The minimum absolute atomic E-state index is 0.373. The van der Waals surface area contributed by atoms with Crippen LogP contribution in [0.15, 0.2) is 6.20 Å². The molecule has 2 aromatic heterocycles. The second kappa shape index (κ2) is 5.06. The molecule has 10 heteroatoms. The van der Waals surface area contributed by atoms with Gasteiger partial charge >= 0.3 is 6.18 Å². The molecule has 0 aliphatic heterocycles. The summed E-state index contributed by atoms with van der Waals surface area (Å²) in [6.45, 7) is 1.70. The van der Waals surface area contributed by atoms with Crippen molar-refractivity contribution < 1.29 is 18.0 Å². The average molecular weight is 322 g/mol. The fourth-order valence-corrected chi connectivity index (χ4v) is 2.11. The molecular formula is C11H11ClF3N5O. The lowest BCUT2D eigenvalue weighted by Gasteiger charge is -2.06. The molecule has 6 nitrogen and oxygen atoms in total. The van der Waals surface area contributed by atoms with E-state index in [4.69, 9.17) is 11.6 Å². The molecule has 0 saturated heterocycles. The monoisotopic (exact) mass is 321 g/mol. The number of nitrogens with zero attached hydrogens (tertiary/aromatic N) is 4. The average Bonchev–Trinajstić information content (AvgIpc) is 2.82. The van der Waals surface area contributed by atoms with Crippen molar-refractivity contribution in [3.8, 4) is 0 Å². The first kappa shape index (κ1) is 15.4. The minimum atomic E-state index is -4.69. The van der Waals surface area contributed by atoms with Crippen molar-refractivity contribution in [1.29, 1.82) is 0 Å². The van der Waals surface area contributed by atoms with Gasteiger partial charge in [0.1, 0.15) is 5.02 Å². The largest absolute Gasteiger partial charge is 0.434 e. The van der Waals surface area contributed by atoms with E-state index in [9.17, 15) is 18.0 Å². The number of hydrogen-bond acceptors (Lipinski definition) is 3. The quantitative estimate of drug-likeness (QED) is 0.923. The molecule has 2 aromatic rings. The first-order chi connectivity index (χ1) is 9.62. The van der Waals surface area contributed by atoms with Gasteiger partial charge in [-0.3, -0.25) is 14.2 Å². The molecule has 0 bridgehead atoms. The van der Waals surface area contributed by atoms with Crippen LogP contribution in [0.4, 0.5) is 18.9 Å². The number of hydrogen-bond donors (Lipinski definition) is 1. The number of halogens is 4. The van der Waals surface area contributed by atoms with E-state index in [1.807, 2.05) is 0 Å². The number of aromatic nitrogens is 4. The highest BCUT2D eigenvalue weighted by atomic mass is 35.5. The Bertz CT molecular complexity index is 704. The fourth-order valence-electron chi connectivity index (χ4n) is 1.75. The van der Waals surface area contributed by atoms with Crippen LogP contribution in [-0.4, -0.2) is 25.5 Å². The van der Waals surface area contributed by atoms with Crippen molar-refractivity contribution in [2.45, 2.75) is 13.1 Å². The summed E-state index contributed by atoms with van der Waals surface area (Å²) in [5.41, 5.74) is -0.642. The van der Waals surface area contributed by atoms with Crippen LogP contribution < -0.4 is 5.32 Å². The maximum absolute atomic E-state index is 12.8. The van der Waals surface area contributed by atoms with E-state index in [2.05, 4.69) is 15.5 Å². The Kier molecular flexibility index (Phi) is 3.70. The number of carbonyl (C=O) groups excluding carboxylic acids is 1. The van der Waals surface area contributed by atoms with Crippen LogP contribution in [0.1, 0.15) is 21.9 Å². The summed E-state index contributed by atoms with van der Waals surface area (Å²) in [4.78, 5) is 12.0. The standard InChI is InChI=1S/C11H11ClF3N5O/c1-5-6(4-16-19(5)2)17-10(21)8-7(12)9(11(13,14)15)20(3)18-8/h4H,1-3H3,(H,17,21). The van der Waals surface area contributed by atoms with Crippen LogP contribution in [0.3, 0.4) is 0 Å². The molecule has 2 rings (SSSR count). The summed E-state index contributed by atoms with van der Waals surface area (Å²) in [5, 5.41) is 9.14. The summed E-state index contributed by atoms with van der Waals surface area (Å²) in [5.74, 6) is -0.831. The maximum Gasteiger partial charge on any atom is 0.434 e. The van der Waals surface area contributed by atoms with E-state index >= 15 is 0 Å². The zero-order valence-electron chi connectivity index (χ0n) is 11.3. The summed E-state index contributed by atoms with van der Waals surface area (Å²) in [6.07, 6.45) is -3.31. The molecule has 0 atom stereocenters. The molecule has 21 heavy (non-hydrogen) atoms. The van der Waals surface area contributed by atoms with Crippen LogP contribution in [0, 0.1) is 6.92 Å². The van der Waals surface area contributed by atoms with Crippen molar-refractivity contribution in [3.63, 3.8) is 0 Å². The van der Waals surface area contributed by atoms with Gasteiger partial charge in [0.25, 0.3) is 5.91 Å². The topological polar surface area (TPSA) is 64.7 Å². The van der Waals surface area contributed by atoms with E-state index in [0.717, 1.165) is 7.05 Å². The molecule has 0 fully saturated rings. The Labute approximate surface area is 122 Å². The fraction of sp³-hybridized carbons (Fsp3) is 0.364. The van der Waals surface area contributed by atoms with Gasteiger partial charge in [0.2, 0.25) is 0 Å². The Hall–Kier alpha value is -2.03. The zero-order valence-corrected chi connectivity index (χ0v) is 12.0. The van der Waals surface area contributed by atoms with Gasteiger partial charge in [-0.05, 0) is 6.92 Å². The smallest absolute Gasteiger partial charge is 0.318 e. The summed E-state index contributed by atoms with van der Waals surface area (Å²) in [7, 11) is 2.74. The lowest BCUT2D eigenvalue weighted by Crippen LogP contribution is -2.14. The molecule has 0 aromatic carbocycles. The highest BCUT2D eigenvalue weighted by Gasteiger charge is 2.40. The van der Waals surface area contributed by atoms with Crippen LogP contribution in [0.25, 0.3) is 0 Å². The van der Waals surface area contributed by atoms with Gasteiger partial charge in [-0.2, -0.15) is 23.4 Å². The number of amides is 1. The van der Waals surface area contributed by atoms with E-state index in [1.165, 1.54) is 10.9 Å². The van der Waals surface area contributed by atoms with Crippen molar-refractivity contribution in [3.05, 3.63) is 28.3 Å². The third-order valence-electron chi connectivity index (χ3n) is 2.96. The van der Waals surface area contributed by atoms with Crippen LogP contribution in [0.5, 0.6) is 0 Å². The van der Waals surface area contributed by atoms with Gasteiger partial charge < -0.3 is 5.32 Å². The van der Waals surface area contributed by atoms with Gasteiger partial charge in [-0.15, -0.1) is 0 Å². The second-order valence-electron chi connectivity index (χ2n) is 4.35. The van der Waals surface area contributed by atoms with Gasteiger partial charge in [0, 0.05) is 14.1 Å². The van der Waals surface area contributed by atoms with E-state index < -0.39 is 28.5 Å². The normalized spacial score (nSPS) is 11.8. The molecule has 0 radical (unpaired) electrons. The molecule has 1 N–H and O–H groups in total. The van der Waals surface area contributed by atoms with E-state index in [0.29, 0.717) is 16.1 Å². The number of nitrogens with one attached hydrogen (secondary N) is 1. The minimum Gasteiger partial charge on any atom is -0.318 e. The van der Waals surface area contributed by atoms with Gasteiger partial charge in [0.15, 0.2) is 11.4 Å². The summed E-state index contributed by atoms with van der Waals surface area (Å²) < 4.78 is 40.4. The third-order valence-corrected chi connectivity index (χ3v) is 3.31. The summed E-state index contributed by atoms with van der Waals surface area (Å²) in [6, 6.07) is 0. The van der Waals surface area contributed by atoms with Gasteiger partial charge in [-0.25, -0.2) is 0 Å². The molecule has 0 spiro atoms. The predicted octanol–water partition coefficient (Wildman–Crippen LogP) is 2.39. The molecule has 1 amide bonds. The van der Waals surface area contributed by atoms with E-state index in [1.54, 1.807) is 14.0 Å². The Morgan fingerprint density at radius 2 is 1.95 bits per heavy atom. The first-order valence-corrected chi connectivity index (χ1v) is 6.10. The van der Waals surface area contributed by atoms with Crippen molar-refractivity contribution in [1.82, 2.24) is 19.6 Å². The molecule has 0 aliphatic rings. The first-order valence-electron chi connectivity index (χ1n) is 5.72. The van der Waals surface area contributed by atoms with Gasteiger partial charge in [0.05, 0.1) is 17.6 Å². The summed E-state index contributed by atoms with van der Waals surface area (Å²) >= 11 is 5.64. The molecule has 0 aliphatic carbocycles.